The van der Waals surface area contributed by atoms with Crippen LogP contribution >= 0.6 is 15.9 Å². The third kappa shape index (κ3) is 3.39. The number of aliphatic carboxylic acids is 1. The van der Waals surface area contributed by atoms with E-state index in [1.165, 1.54) is 18.0 Å². The third-order valence-electron chi connectivity index (χ3n) is 2.29. The van der Waals surface area contributed by atoms with Crippen molar-refractivity contribution in [3.8, 4) is 0 Å². The van der Waals surface area contributed by atoms with E-state index in [2.05, 4.69) is 15.9 Å². The summed E-state index contributed by atoms with van der Waals surface area (Å²) in [4.78, 5) is 21.9. The molecule has 0 heterocycles. The maximum Gasteiger partial charge on any atom is 0.305 e. The van der Waals surface area contributed by atoms with Crippen molar-refractivity contribution < 1.29 is 19.2 Å². The van der Waals surface area contributed by atoms with Crippen molar-refractivity contribution in [1.29, 1.82) is 0 Å². The Kier molecular flexibility index (Phi) is 4.60. The van der Waals surface area contributed by atoms with Crippen molar-refractivity contribution in [3.05, 3.63) is 32.5 Å². The highest BCUT2D eigenvalue weighted by Gasteiger charge is 2.20. The number of carboxylic acid groups (broad SMARTS) is 1. The first-order chi connectivity index (χ1) is 8.32. The summed E-state index contributed by atoms with van der Waals surface area (Å²) in [6, 6.07) is 2.06. The van der Waals surface area contributed by atoms with Crippen LogP contribution in [0.5, 0.6) is 0 Å². The highest BCUT2D eigenvalue weighted by atomic mass is 79.9. The molecule has 0 unspecified atom stereocenters. The summed E-state index contributed by atoms with van der Waals surface area (Å²) in [6.45, 7) is 0.0915. The molecule has 18 heavy (non-hydrogen) atoms. The fourth-order valence-corrected chi connectivity index (χ4v) is 1.69. The Morgan fingerprint density at radius 2 is 2.22 bits per heavy atom. The van der Waals surface area contributed by atoms with Crippen molar-refractivity contribution in [2.75, 3.05) is 18.5 Å². The minimum Gasteiger partial charge on any atom is -0.481 e. The van der Waals surface area contributed by atoms with Gasteiger partial charge < -0.3 is 10.0 Å². The Labute approximate surface area is 110 Å². The SMILES string of the molecule is CN(CCC(=O)O)c1cc(Br)c(F)cc1[N+](=O)[O-]. The Hall–Kier alpha value is -1.70. The molecule has 8 heteroatoms. The molecule has 98 valence electrons. The molecule has 0 atom stereocenters. The lowest BCUT2D eigenvalue weighted by molar-refractivity contribution is -0.384. The summed E-state index contributed by atoms with van der Waals surface area (Å²) in [7, 11) is 1.51. The number of hydrogen-bond donors (Lipinski definition) is 1. The predicted octanol–water partition coefficient (Wildman–Crippen LogP) is 2.41. The van der Waals surface area contributed by atoms with Gasteiger partial charge in [0.1, 0.15) is 11.5 Å². The molecular weight excluding hydrogens is 311 g/mol. The second kappa shape index (κ2) is 5.76. The van der Waals surface area contributed by atoms with Crippen LogP contribution in [0.25, 0.3) is 0 Å². The highest BCUT2D eigenvalue weighted by molar-refractivity contribution is 9.10. The fraction of sp³-hybridized carbons (Fsp3) is 0.300. The largest absolute Gasteiger partial charge is 0.481 e. The first kappa shape index (κ1) is 14.4. The van der Waals surface area contributed by atoms with E-state index in [9.17, 15) is 19.3 Å². The van der Waals surface area contributed by atoms with E-state index in [1.54, 1.807) is 0 Å². The minimum absolute atomic E-state index is 0.0882. The average molecular weight is 321 g/mol. The number of nitrogens with zero attached hydrogens (tertiary/aromatic N) is 2. The first-order valence-corrected chi connectivity index (χ1v) is 5.68. The standard InChI is InChI=1S/C10H10BrFN2O4/c1-13(3-2-10(15)16)8-4-6(11)7(12)5-9(8)14(17)18/h4-5H,2-3H2,1H3,(H,15,16). The molecule has 0 amide bonds. The van der Waals surface area contributed by atoms with Crippen molar-refractivity contribution in [2.45, 2.75) is 6.42 Å². The third-order valence-corrected chi connectivity index (χ3v) is 2.89. The van der Waals surface area contributed by atoms with Gasteiger partial charge in [-0.1, -0.05) is 0 Å². The number of benzene rings is 1. The monoisotopic (exact) mass is 320 g/mol. The molecule has 0 saturated heterocycles. The van der Waals surface area contributed by atoms with Gasteiger partial charge in [-0.3, -0.25) is 14.9 Å². The Balaban J connectivity index is 3.09. The Morgan fingerprint density at radius 3 is 2.72 bits per heavy atom. The van der Waals surface area contributed by atoms with E-state index in [-0.39, 0.29) is 23.1 Å². The molecular formula is C10H10BrFN2O4. The van der Waals surface area contributed by atoms with Gasteiger partial charge in [-0.05, 0) is 22.0 Å². The van der Waals surface area contributed by atoms with Gasteiger partial charge in [0.15, 0.2) is 0 Å². The number of halogens is 2. The molecule has 1 rings (SSSR count). The summed E-state index contributed by atoms with van der Waals surface area (Å²) in [5.41, 5.74) is -0.238. The highest BCUT2D eigenvalue weighted by Crippen LogP contribution is 2.32. The number of nitro benzene ring substituents is 1. The van der Waals surface area contributed by atoms with E-state index in [4.69, 9.17) is 5.11 Å². The predicted molar refractivity (Wildman–Crippen MR) is 66.3 cm³/mol. The van der Waals surface area contributed by atoms with Crippen LogP contribution in [0, 0.1) is 15.9 Å². The van der Waals surface area contributed by atoms with Crippen molar-refractivity contribution in [3.63, 3.8) is 0 Å². The van der Waals surface area contributed by atoms with Gasteiger partial charge in [-0.15, -0.1) is 0 Å². The van der Waals surface area contributed by atoms with Crippen LogP contribution < -0.4 is 4.90 Å². The molecule has 0 radical (unpaired) electrons. The van der Waals surface area contributed by atoms with Gasteiger partial charge in [-0.25, -0.2) is 4.39 Å². The fourth-order valence-electron chi connectivity index (χ4n) is 1.36. The van der Waals surface area contributed by atoms with Crippen molar-refractivity contribution in [1.82, 2.24) is 0 Å². The molecule has 0 bridgehead atoms. The van der Waals surface area contributed by atoms with Gasteiger partial charge >= 0.3 is 5.97 Å². The maximum absolute atomic E-state index is 13.2. The van der Waals surface area contributed by atoms with E-state index < -0.39 is 22.4 Å². The van der Waals surface area contributed by atoms with Crippen LogP contribution in [0.3, 0.4) is 0 Å². The number of carbonyl (C=O) groups is 1. The summed E-state index contributed by atoms with van der Waals surface area (Å²) >= 11 is 2.94. The van der Waals surface area contributed by atoms with Gasteiger partial charge in [0.05, 0.1) is 21.9 Å². The molecule has 1 aromatic carbocycles. The van der Waals surface area contributed by atoms with Crippen LogP contribution in [0.4, 0.5) is 15.8 Å². The quantitative estimate of drug-likeness (QED) is 0.665. The zero-order valence-corrected chi connectivity index (χ0v) is 11.0. The normalized spacial score (nSPS) is 10.2. The van der Waals surface area contributed by atoms with Gasteiger partial charge in [-0.2, -0.15) is 0 Å². The molecule has 1 N–H and O–H groups in total. The molecule has 0 spiro atoms. The van der Waals surface area contributed by atoms with Gasteiger partial charge in [0.25, 0.3) is 5.69 Å². The lowest BCUT2D eigenvalue weighted by Crippen LogP contribution is -2.22. The molecule has 0 saturated carbocycles. The second-order valence-corrected chi connectivity index (χ2v) is 4.43. The summed E-state index contributed by atoms with van der Waals surface area (Å²) in [5.74, 6) is -1.75. The zero-order chi connectivity index (χ0) is 13.9. The summed E-state index contributed by atoms with van der Waals surface area (Å²) < 4.78 is 13.3. The second-order valence-electron chi connectivity index (χ2n) is 3.58. The molecule has 0 aliphatic rings. The van der Waals surface area contributed by atoms with Crippen molar-refractivity contribution >= 4 is 33.3 Å². The van der Waals surface area contributed by atoms with Crippen LogP contribution in [0.15, 0.2) is 16.6 Å². The lowest BCUT2D eigenvalue weighted by atomic mass is 10.2. The number of carboxylic acids is 1. The smallest absolute Gasteiger partial charge is 0.305 e. The maximum atomic E-state index is 13.2. The molecule has 0 aliphatic heterocycles. The van der Waals surface area contributed by atoms with Crippen LogP contribution in [-0.4, -0.2) is 29.6 Å². The number of rotatable bonds is 5. The number of hydrogen-bond acceptors (Lipinski definition) is 4. The molecule has 0 fully saturated rings. The summed E-state index contributed by atoms with van der Waals surface area (Å²) in [6.07, 6.45) is -0.164. The topological polar surface area (TPSA) is 83.7 Å². The number of nitro groups is 1. The zero-order valence-electron chi connectivity index (χ0n) is 9.39. The molecule has 0 aliphatic carbocycles. The minimum atomic E-state index is -1.01. The van der Waals surface area contributed by atoms with E-state index in [0.717, 1.165) is 6.07 Å². The lowest BCUT2D eigenvalue weighted by Gasteiger charge is -2.18. The van der Waals surface area contributed by atoms with E-state index >= 15 is 0 Å². The Morgan fingerprint density at radius 1 is 1.61 bits per heavy atom. The van der Waals surface area contributed by atoms with Crippen LogP contribution in [-0.2, 0) is 4.79 Å². The molecule has 0 aromatic heterocycles. The Bertz CT molecular complexity index is 495. The molecule has 6 nitrogen and oxygen atoms in total. The molecule has 1 aromatic rings. The van der Waals surface area contributed by atoms with Crippen molar-refractivity contribution in [2.24, 2.45) is 0 Å². The van der Waals surface area contributed by atoms with E-state index in [1.807, 2.05) is 0 Å². The van der Waals surface area contributed by atoms with E-state index in [0.29, 0.717) is 0 Å². The number of anilines is 1. The average Bonchev–Trinajstić information content (AvgIpc) is 2.28. The first-order valence-electron chi connectivity index (χ1n) is 4.89. The van der Waals surface area contributed by atoms with Crippen LogP contribution in [0.2, 0.25) is 0 Å². The van der Waals surface area contributed by atoms with Gasteiger partial charge in [0, 0.05) is 13.6 Å². The van der Waals surface area contributed by atoms with Crippen LogP contribution in [0.1, 0.15) is 6.42 Å². The summed E-state index contributed by atoms with van der Waals surface area (Å²) in [5, 5.41) is 19.4. The van der Waals surface area contributed by atoms with Gasteiger partial charge in [0.2, 0.25) is 0 Å².